The molecule has 1 rings (SSSR count). The second-order valence-electron chi connectivity index (χ2n) is 4.75. The molecule has 2 amide bonds. The zero-order chi connectivity index (χ0) is 15.3. The molecular formula is C13H19BrN4O2. The molecule has 0 spiro atoms. The molecule has 0 fully saturated rings. The first-order valence-corrected chi connectivity index (χ1v) is 7.02. The molecule has 0 radical (unpaired) electrons. The predicted octanol–water partition coefficient (Wildman–Crippen LogP) is 1.22. The zero-order valence-corrected chi connectivity index (χ0v) is 13.3. The number of rotatable bonds is 5. The molecule has 0 aliphatic heterocycles. The van der Waals surface area contributed by atoms with Gasteiger partial charge in [-0.3, -0.25) is 9.59 Å². The van der Waals surface area contributed by atoms with Gasteiger partial charge in [-0.1, -0.05) is 6.92 Å². The van der Waals surface area contributed by atoms with E-state index in [4.69, 9.17) is 5.73 Å². The van der Waals surface area contributed by atoms with Crippen LogP contribution in [0.15, 0.2) is 22.8 Å². The van der Waals surface area contributed by atoms with Crippen LogP contribution in [0.1, 0.15) is 13.8 Å². The lowest BCUT2D eigenvalue weighted by Gasteiger charge is -2.22. The van der Waals surface area contributed by atoms with Crippen molar-refractivity contribution in [2.24, 2.45) is 11.7 Å². The fourth-order valence-electron chi connectivity index (χ4n) is 1.50. The van der Waals surface area contributed by atoms with E-state index in [1.165, 1.54) is 4.90 Å². The maximum absolute atomic E-state index is 12.0. The summed E-state index contributed by atoms with van der Waals surface area (Å²) in [7, 11) is 1.58. The van der Waals surface area contributed by atoms with Crippen molar-refractivity contribution in [1.82, 2.24) is 9.88 Å². The van der Waals surface area contributed by atoms with Crippen LogP contribution < -0.4 is 11.1 Å². The first-order chi connectivity index (χ1) is 9.31. The third-order valence-corrected chi connectivity index (χ3v) is 3.40. The Bertz CT molecular complexity index is 476. The highest BCUT2D eigenvalue weighted by molar-refractivity contribution is 9.10. The number of carbonyl (C=O) groups excluding carboxylic acids is 2. The molecule has 20 heavy (non-hydrogen) atoms. The predicted molar refractivity (Wildman–Crippen MR) is 81.0 cm³/mol. The van der Waals surface area contributed by atoms with Gasteiger partial charge in [0.2, 0.25) is 11.8 Å². The molecule has 7 heteroatoms. The number of halogens is 1. The largest absolute Gasteiger partial charge is 0.336 e. The number of hydrogen-bond acceptors (Lipinski definition) is 4. The molecule has 110 valence electrons. The molecular weight excluding hydrogens is 324 g/mol. The van der Waals surface area contributed by atoms with Crippen molar-refractivity contribution in [2.45, 2.75) is 19.9 Å². The molecule has 6 nitrogen and oxygen atoms in total. The number of nitrogens with two attached hydrogens (primary N) is 1. The Hall–Kier alpha value is -1.47. The van der Waals surface area contributed by atoms with Crippen molar-refractivity contribution in [3.05, 3.63) is 22.8 Å². The summed E-state index contributed by atoms with van der Waals surface area (Å²) < 4.78 is 0.827. The van der Waals surface area contributed by atoms with E-state index in [2.05, 4.69) is 26.2 Å². The SMILES string of the molecule is CC(N)C(C)C(=O)N(C)CC(=O)Nc1ccc(Br)cn1. The van der Waals surface area contributed by atoms with E-state index in [9.17, 15) is 9.59 Å². The third-order valence-electron chi connectivity index (χ3n) is 2.93. The Kier molecular flexibility index (Phi) is 6.09. The number of aromatic nitrogens is 1. The van der Waals surface area contributed by atoms with Crippen LogP contribution in [-0.4, -0.2) is 41.3 Å². The molecule has 1 aromatic heterocycles. The third kappa shape index (κ3) is 4.90. The topological polar surface area (TPSA) is 88.3 Å². The van der Waals surface area contributed by atoms with Gasteiger partial charge in [-0.05, 0) is 35.0 Å². The van der Waals surface area contributed by atoms with E-state index in [1.807, 2.05) is 0 Å². The van der Waals surface area contributed by atoms with Gasteiger partial charge in [0.15, 0.2) is 0 Å². The number of hydrogen-bond donors (Lipinski definition) is 2. The molecule has 0 aliphatic carbocycles. The Morgan fingerprint density at radius 3 is 2.60 bits per heavy atom. The molecule has 2 unspecified atom stereocenters. The van der Waals surface area contributed by atoms with Crippen LogP contribution in [-0.2, 0) is 9.59 Å². The molecule has 1 heterocycles. The van der Waals surface area contributed by atoms with Crippen LogP contribution in [0.25, 0.3) is 0 Å². The van der Waals surface area contributed by atoms with E-state index >= 15 is 0 Å². The van der Waals surface area contributed by atoms with Gasteiger partial charge in [0.05, 0.1) is 12.5 Å². The second-order valence-corrected chi connectivity index (χ2v) is 5.67. The number of carbonyl (C=O) groups is 2. The minimum Gasteiger partial charge on any atom is -0.336 e. The molecule has 0 aromatic carbocycles. The van der Waals surface area contributed by atoms with E-state index in [0.29, 0.717) is 5.82 Å². The summed E-state index contributed by atoms with van der Waals surface area (Å²) in [5.74, 6) is -0.329. The van der Waals surface area contributed by atoms with Crippen molar-refractivity contribution < 1.29 is 9.59 Å². The summed E-state index contributed by atoms with van der Waals surface area (Å²) in [6.07, 6.45) is 1.59. The maximum atomic E-state index is 12.0. The van der Waals surface area contributed by atoms with Gasteiger partial charge in [0, 0.05) is 23.8 Å². The maximum Gasteiger partial charge on any atom is 0.245 e. The standard InChI is InChI=1S/C13H19BrN4O2/c1-8(9(2)15)13(20)18(3)7-12(19)17-11-5-4-10(14)6-16-11/h4-6,8-9H,7,15H2,1-3H3,(H,16,17,19). The van der Waals surface area contributed by atoms with Crippen LogP contribution in [0.2, 0.25) is 0 Å². The molecule has 3 N–H and O–H groups in total. The van der Waals surface area contributed by atoms with Gasteiger partial charge >= 0.3 is 0 Å². The average Bonchev–Trinajstić information content (AvgIpc) is 2.39. The summed E-state index contributed by atoms with van der Waals surface area (Å²) in [4.78, 5) is 29.2. The molecule has 2 atom stereocenters. The Labute approximate surface area is 126 Å². The van der Waals surface area contributed by atoms with Gasteiger partial charge in [0.1, 0.15) is 5.82 Å². The Morgan fingerprint density at radius 1 is 1.45 bits per heavy atom. The minimum absolute atomic E-state index is 0.0341. The average molecular weight is 343 g/mol. The number of amides is 2. The van der Waals surface area contributed by atoms with Crippen molar-refractivity contribution in [3.63, 3.8) is 0 Å². The lowest BCUT2D eigenvalue weighted by Crippen LogP contribution is -2.42. The van der Waals surface area contributed by atoms with Gasteiger partial charge in [-0.25, -0.2) is 4.98 Å². The Morgan fingerprint density at radius 2 is 2.10 bits per heavy atom. The van der Waals surface area contributed by atoms with Crippen molar-refractivity contribution in [1.29, 1.82) is 0 Å². The van der Waals surface area contributed by atoms with Crippen molar-refractivity contribution >= 4 is 33.6 Å². The van der Waals surface area contributed by atoms with Crippen LogP contribution in [0, 0.1) is 5.92 Å². The first-order valence-electron chi connectivity index (χ1n) is 6.23. The van der Waals surface area contributed by atoms with Crippen molar-refractivity contribution in [2.75, 3.05) is 18.9 Å². The van der Waals surface area contributed by atoms with E-state index in [0.717, 1.165) is 4.47 Å². The van der Waals surface area contributed by atoms with E-state index in [1.54, 1.807) is 39.2 Å². The first kappa shape index (κ1) is 16.6. The fraction of sp³-hybridized carbons (Fsp3) is 0.462. The number of nitrogens with zero attached hydrogens (tertiary/aromatic N) is 2. The summed E-state index contributed by atoms with van der Waals surface area (Å²) in [6.45, 7) is 3.48. The monoisotopic (exact) mass is 342 g/mol. The van der Waals surface area contributed by atoms with E-state index < -0.39 is 0 Å². The molecule has 1 aromatic rings. The highest BCUT2D eigenvalue weighted by Crippen LogP contribution is 2.10. The number of pyridine rings is 1. The molecule has 0 aliphatic rings. The highest BCUT2D eigenvalue weighted by Gasteiger charge is 2.22. The van der Waals surface area contributed by atoms with Gasteiger partial charge in [-0.2, -0.15) is 0 Å². The zero-order valence-electron chi connectivity index (χ0n) is 11.8. The van der Waals surface area contributed by atoms with Gasteiger partial charge < -0.3 is 16.0 Å². The van der Waals surface area contributed by atoms with Crippen LogP contribution in [0.3, 0.4) is 0 Å². The van der Waals surface area contributed by atoms with Gasteiger partial charge in [-0.15, -0.1) is 0 Å². The summed E-state index contributed by atoms with van der Waals surface area (Å²) in [6, 6.07) is 3.20. The van der Waals surface area contributed by atoms with E-state index in [-0.39, 0.29) is 30.3 Å². The van der Waals surface area contributed by atoms with Gasteiger partial charge in [0.25, 0.3) is 0 Å². The van der Waals surface area contributed by atoms with Crippen molar-refractivity contribution in [3.8, 4) is 0 Å². The number of likely N-dealkylation sites (N-methyl/N-ethyl adjacent to an activating group) is 1. The lowest BCUT2D eigenvalue weighted by atomic mass is 10.0. The Balaban J connectivity index is 2.53. The lowest BCUT2D eigenvalue weighted by molar-refractivity contribution is -0.136. The summed E-state index contributed by atoms with van der Waals surface area (Å²) in [5.41, 5.74) is 5.68. The van der Waals surface area contributed by atoms with Crippen LogP contribution in [0.4, 0.5) is 5.82 Å². The summed E-state index contributed by atoms with van der Waals surface area (Å²) >= 11 is 3.26. The normalized spacial score (nSPS) is 13.4. The second kappa shape index (κ2) is 7.35. The smallest absolute Gasteiger partial charge is 0.245 e. The number of anilines is 1. The number of nitrogens with one attached hydrogen (secondary N) is 1. The minimum atomic E-state index is -0.321. The van der Waals surface area contributed by atoms with Crippen LogP contribution >= 0.6 is 15.9 Å². The molecule has 0 saturated carbocycles. The molecule has 0 bridgehead atoms. The quantitative estimate of drug-likeness (QED) is 0.842. The van der Waals surface area contributed by atoms with Crippen LogP contribution in [0.5, 0.6) is 0 Å². The highest BCUT2D eigenvalue weighted by atomic mass is 79.9. The molecule has 0 saturated heterocycles. The fourth-order valence-corrected chi connectivity index (χ4v) is 1.73. The summed E-state index contributed by atoms with van der Waals surface area (Å²) in [5, 5.41) is 2.63.